The van der Waals surface area contributed by atoms with Crippen molar-refractivity contribution in [3.05, 3.63) is 11.6 Å². The van der Waals surface area contributed by atoms with Crippen LogP contribution in [-0.2, 0) is 19.0 Å². The molecule has 180 valence electrons. The molecule has 1 spiro atoms. The first kappa shape index (κ1) is 22.8. The van der Waals surface area contributed by atoms with Crippen LogP contribution in [0, 0.1) is 28.6 Å². The van der Waals surface area contributed by atoms with Gasteiger partial charge in [0, 0.05) is 25.2 Å². The highest BCUT2D eigenvalue weighted by Crippen LogP contribution is 2.69. The summed E-state index contributed by atoms with van der Waals surface area (Å²) < 4.78 is 32.8. The summed E-state index contributed by atoms with van der Waals surface area (Å²) in [6.07, 6.45) is 3.94. The second kappa shape index (κ2) is 7.49. The minimum atomic E-state index is -1.57. The summed E-state index contributed by atoms with van der Waals surface area (Å²) in [5.41, 5.74) is -1.34. The third-order valence-electron chi connectivity index (χ3n) is 10.0. The third-order valence-corrected chi connectivity index (χ3v) is 10.0. The van der Waals surface area contributed by atoms with Crippen LogP contribution in [-0.4, -0.2) is 59.7 Å². The number of ether oxygens (including phenoxy) is 3. The van der Waals surface area contributed by atoms with Gasteiger partial charge >= 0.3 is 5.97 Å². The van der Waals surface area contributed by atoms with Gasteiger partial charge in [-0.15, -0.1) is 0 Å². The highest BCUT2D eigenvalue weighted by Gasteiger charge is 2.71. The summed E-state index contributed by atoms with van der Waals surface area (Å²) in [6.45, 7) is 6.74. The Kier molecular flexibility index (Phi) is 5.33. The molecule has 6 nitrogen and oxygen atoms in total. The van der Waals surface area contributed by atoms with E-state index in [2.05, 4.69) is 6.92 Å². The SMILES string of the molecule is CC(=O)OC/C=C1/CC[C@@H]2[C@@H]3C[C@H](F)[C@@]4(O)CC5(CC[C@]4(C)[C@@H]3[C@H](O)C[C@]12C)OCCO5. The van der Waals surface area contributed by atoms with Gasteiger partial charge in [0.25, 0.3) is 0 Å². The van der Waals surface area contributed by atoms with Gasteiger partial charge in [-0.3, -0.25) is 4.79 Å². The Labute approximate surface area is 189 Å². The Morgan fingerprint density at radius 1 is 1.28 bits per heavy atom. The highest BCUT2D eigenvalue weighted by atomic mass is 19.1. The zero-order valence-electron chi connectivity index (χ0n) is 19.4. The van der Waals surface area contributed by atoms with Crippen LogP contribution in [0.3, 0.4) is 0 Å². The average Bonchev–Trinajstić information content (AvgIpc) is 3.29. The molecule has 0 amide bonds. The molecule has 0 unspecified atom stereocenters. The minimum Gasteiger partial charge on any atom is -0.462 e. The number of aliphatic hydroxyl groups is 2. The molecule has 0 radical (unpaired) electrons. The molecular formula is C25H37FO6. The molecule has 7 heteroatoms. The van der Waals surface area contributed by atoms with Crippen LogP contribution in [0.4, 0.5) is 4.39 Å². The molecule has 5 fully saturated rings. The number of alkyl halides is 1. The van der Waals surface area contributed by atoms with E-state index in [1.807, 2.05) is 13.0 Å². The highest BCUT2D eigenvalue weighted by molar-refractivity contribution is 5.66. The van der Waals surface area contributed by atoms with Crippen LogP contribution in [0.1, 0.15) is 65.7 Å². The van der Waals surface area contributed by atoms with Crippen LogP contribution >= 0.6 is 0 Å². The van der Waals surface area contributed by atoms with Gasteiger partial charge in [-0.05, 0) is 61.3 Å². The Morgan fingerprint density at radius 2 is 2.00 bits per heavy atom. The van der Waals surface area contributed by atoms with E-state index < -0.39 is 29.1 Å². The molecule has 8 atom stereocenters. The molecule has 4 aliphatic carbocycles. The minimum absolute atomic E-state index is 0.00288. The van der Waals surface area contributed by atoms with Crippen LogP contribution in [0.15, 0.2) is 11.6 Å². The standard InChI is InChI=1S/C25H37FO6/c1-15(27)30-9-6-16-4-5-18-17-12-20(26)25(29)14-24(31-10-11-32-24)8-7-23(25,3)21(17)19(28)13-22(16,18)2/h6,17-21,28-29H,4-5,7-14H2,1-3H3/b16-6-/t17-,18+,19+,20-,21-,22+,23+,25-/m0/s1. The maximum absolute atomic E-state index is 15.9. The van der Waals surface area contributed by atoms with E-state index in [9.17, 15) is 15.0 Å². The number of esters is 1. The lowest BCUT2D eigenvalue weighted by molar-refractivity contribution is -0.312. The lowest BCUT2D eigenvalue weighted by Crippen LogP contribution is -2.71. The molecular weight excluding hydrogens is 415 g/mol. The maximum atomic E-state index is 15.9. The van der Waals surface area contributed by atoms with Gasteiger partial charge < -0.3 is 24.4 Å². The van der Waals surface area contributed by atoms with Crippen molar-refractivity contribution in [2.24, 2.45) is 28.6 Å². The third kappa shape index (κ3) is 3.07. The van der Waals surface area contributed by atoms with Crippen LogP contribution in [0.2, 0.25) is 0 Å². The summed E-state index contributed by atoms with van der Waals surface area (Å²) in [5, 5.41) is 23.3. The van der Waals surface area contributed by atoms with Crippen molar-refractivity contribution in [2.75, 3.05) is 19.8 Å². The largest absolute Gasteiger partial charge is 0.462 e. The first-order valence-corrected chi connectivity index (χ1v) is 12.2. The van der Waals surface area contributed by atoms with E-state index in [0.717, 1.165) is 12.8 Å². The van der Waals surface area contributed by atoms with E-state index >= 15 is 4.39 Å². The summed E-state index contributed by atoms with van der Waals surface area (Å²) in [6, 6.07) is 0. The van der Waals surface area contributed by atoms with E-state index in [1.54, 1.807) is 0 Å². The molecule has 5 aliphatic rings. The topological polar surface area (TPSA) is 85.2 Å². The summed E-state index contributed by atoms with van der Waals surface area (Å²) in [7, 11) is 0. The van der Waals surface area contributed by atoms with Crippen molar-refractivity contribution in [3.63, 3.8) is 0 Å². The normalized spacial score (nSPS) is 50.7. The molecule has 0 aromatic carbocycles. The van der Waals surface area contributed by atoms with Crippen LogP contribution in [0.5, 0.6) is 0 Å². The number of carbonyl (C=O) groups is 1. The van der Waals surface area contributed by atoms with Crippen molar-refractivity contribution in [3.8, 4) is 0 Å². The zero-order chi connectivity index (χ0) is 22.9. The average molecular weight is 453 g/mol. The molecule has 1 aliphatic heterocycles. The van der Waals surface area contributed by atoms with Gasteiger partial charge in [-0.25, -0.2) is 4.39 Å². The Hall–Kier alpha value is -1.02. The quantitative estimate of drug-likeness (QED) is 0.494. The predicted octanol–water partition coefficient (Wildman–Crippen LogP) is 3.30. The van der Waals surface area contributed by atoms with Gasteiger partial charge in [0.05, 0.1) is 19.3 Å². The van der Waals surface area contributed by atoms with Gasteiger partial charge in [0.15, 0.2) is 5.79 Å². The van der Waals surface area contributed by atoms with Crippen LogP contribution < -0.4 is 0 Å². The Morgan fingerprint density at radius 3 is 2.69 bits per heavy atom. The van der Waals surface area contributed by atoms with Crippen molar-refractivity contribution < 1.29 is 33.6 Å². The predicted molar refractivity (Wildman–Crippen MR) is 114 cm³/mol. The molecule has 0 aromatic rings. The molecule has 2 N–H and O–H groups in total. The van der Waals surface area contributed by atoms with Gasteiger partial charge in [0.2, 0.25) is 0 Å². The van der Waals surface area contributed by atoms with E-state index in [1.165, 1.54) is 12.5 Å². The first-order chi connectivity index (χ1) is 15.0. The molecule has 32 heavy (non-hydrogen) atoms. The molecule has 1 saturated heterocycles. The lowest BCUT2D eigenvalue weighted by Gasteiger charge is -2.66. The Balaban J connectivity index is 1.45. The fourth-order valence-electron chi connectivity index (χ4n) is 8.49. The van der Waals surface area contributed by atoms with E-state index in [4.69, 9.17) is 14.2 Å². The number of carbonyl (C=O) groups excluding carboxylic acids is 1. The van der Waals surface area contributed by atoms with Crippen molar-refractivity contribution in [1.29, 1.82) is 0 Å². The number of hydrogen-bond donors (Lipinski definition) is 2. The van der Waals surface area contributed by atoms with Crippen molar-refractivity contribution in [1.82, 2.24) is 0 Å². The molecule has 1 heterocycles. The lowest BCUT2D eigenvalue weighted by atomic mass is 9.42. The number of aliphatic hydroxyl groups excluding tert-OH is 1. The number of fused-ring (bicyclic) bond motifs is 5. The van der Waals surface area contributed by atoms with E-state index in [0.29, 0.717) is 32.5 Å². The molecule has 0 bridgehead atoms. The fraction of sp³-hybridized carbons (Fsp3) is 0.880. The number of rotatable bonds is 2. The second-order valence-electron chi connectivity index (χ2n) is 11.4. The van der Waals surface area contributed by atoms with Gasteiger partial charge in [-0.2, -0.15) is 0 Å². The first-order valence-electron chi connectivity index (χ1n) is 12.2. The zero-order valence-corrected chi connectivity index (χ0v) is 19.4. The van der Waals surface area contributed by atoms with Gasteiger partial charge in [0.1, 0.15) is 18.4 Å². The van der Waals surface area contributed by atoms with Crippen LogP contribution in [0.25, 0.3) is 0 Å². The summed E-state index contributed by atoms with van der Waals surface area (Å²) >= 11 is 0. The summed E-state index contributed by atoms with van der Waals surface area (Å²) in [4.78, 5) is 11.2. The van der Waals surface area contributed by atoms with Crippen molar-refractivity contribution in [2.45, 2.75) is 89.4 Å². The van der Waals surface area contributed by atoms with Crippen molar-refractivity contribution >= 4 is 5.97 Å². The monoisotopic (exact) mass is 452 g/mol. The fourth-order valence-corrected chi connectivity index (χ4v) is 8.49. The maximum Gasteiger partial charge on any atom is 0.302 e. The molecule has 0 aromatic heterocycles. The summed E-state index contributed by atoms with van der Waals surface area (Å²) in [5.74, 6) is -1.11. The number of halogens is 1. The Bertz CT molecular complexity index is 808. The smallest absolute Gasteiger partial charge is 0.302 e. The van der Waals surface area contributed by atoms with E-state index in [-0.39, 0.29) is 48.6 Å². The second-order valence-corrected chi connectivity index (χ2v) is 11.4. The molecule has 4 saturated carbocycles. The number of hydrogen-bond acceptors (Lipinski definition) is 6. The molecule has 5 rings (SSSR count). The number of allylic oxidation sites excluding steroid dienone is 1. The van der Waals surface area contributed by atoms with Gasteiger partial charge in [-0.1, -0.05) is 19.4 Å².